The molecule has 0 fully saturated rings. The van der Waals surface area contributed by atoms with Crippen LogP contribution < -0.4 is 15.4 Å². The van der Waals surface area contributed by atoms with Crippen LogP contribution in [0.2, 0.25) is 0 Å². The zero-order chi connectivity index (χ0) is 23.1. The van der Waals surface area contributed by atoms with E-state index in [4.69, 9.17) is 4.74 Å². The molecule has 1 heterocycles. The number of para-hydroxylation sites is 2. The standard InChI is InChI=1S/C24H28FN5O2/c1-5-30-17(3)20(16(2)29-30)14-15-26-24(27-21-8-6-7-9-22(21)32-4)28-23(31)18-10-12-19(25)13-11-18/h6-13H,5,14-15H2,1-4H3,(H2,26,27,28,31). The van der Waals surface area contributed by atoms with Gasteiger partial charge in [0.05, 0.1) is 18.5 Å². The summed E-state index contributed by atoms with van der Waals surface area (Å²) in [6.45, 7) is 7.35. The summed E-state index contributed by atoms with van der Waals surface area (Å²) in [5.41, 5.74) is 4.25. The number of guanidine groups is 1. The minimum atomic E-state index is -0.402. The van der Waals surface area contributed by atoms with E-state index >= 15 is 0 Å². The number of benzene rings is 2. The van der Waals surface area contributed by atoms with Gasteiger partial charge in [-0.25, -0.2) is 4.39 Å². The van der Waals surface area contributed by atoms with Crippen molar-refractivity contribution >= 4 is 17.6 Å². The Morgan fingerprint density at radius 2 is 1.88 bits per heavy atom. The van der Waals surface area contributed by atoms with Crippen LogP contribution in [0.15, 0.2) is 53.5 Å². The van der Waals surface area contributed by atoms with Crippen molar-refractivity contribution in [1.82, 2.24) is 15.1 Å². The van der Waals surface area contributed by atoms with E-state index in [1.807, 2.05) is 42.8 Å². The summed E-state index contributed by atoms with van der Waals surface area (Å²) in [7, 11) is 1.57. The number of carbonyl (C=O) groups is 1. The summed E-state index contributed by atoms with van der Waals surface area (Å²) < 4.78 is 20.6. The molecule has 0 aliphatic rings. The predicted molar refractivity (Wildman–Crippen MR) is 124 cm³/mol. The lowest BCUT2D eigenvalue weighted by atomic mass is 10.1. The number of aryl methyl sites for hydroxylation is 2. The van der Waals surface area contributed by atoms with E-state index < -0.39 is 11.7 Å². The van der Waals surface area contributed by atoms with Gasteiger partial charge < -0.3 is 10.1 Å². The summed E-state index contributed by atoms with van der Waals surface area (Å²) in [5, 5.41) is 10.5. The molecular weight excluding hydrogens is 409 g/mol. The van der Waals surface area contributed by atoms with Crippen molar-refractivity contribution in [2.45, 2.75) is 33.7 Å². The third kappa shape index (κ3) is 5.51. The molecule has 0 radical (unpaired) electrons. The quantitative estimate of drug-likeness (QED) is 0.431. The Bertz CT molecular complexity index is 1110. The molecule has 3 rings (SSSR count). The van der Waals surface area contributed by atoms with Gasteiger partial charge in [-0.1, -0.05) is 12.1 Å². The number of aromatic nitrogens is 2. The Kier molecular flexibility index (Phi) is 7.59. The number of nitrogens with zero attached hydrogens (tertiary/aromatic N) is 3. The summed E-state index contributed by atoms with van der Waals surface area (Å²) >= 11 is 0. The van der Waals surface area contributed by atoms with Crippen molar-refractivity contribution in [1.29, 1.82) is 0 Å². The molecule has 0 bridgehead atoms. The first-order valence-electron chi connectivity index (χ1n) is 10.5. The zero-order valence-corrected chi connectivity index (χ0v) is 18.8. The number of hydrogen-bond acceptors (Lipinski definition) is 4. The Balaban J connectivity index is 1.81. The fourth-order valence-corrected chi connectivity index (χ4v) is 3.45. The van der Waals surface area contributed by atoms with E-state index in [2.05, 4.69) is 27.6 Å². The first-order chi connectivity index (χ1) is 15.4. The molecule has 2 aromatic carbocycles. The molecule has 0 spiro atoms. The molecule has 1 aromatic heterocycles. The van der Waals surface area contributed by atoms with Crippen molar-refractivity contribution in [2.75, 3.05) is 19.0 Å². The maximum Gasteiger partial charge on any atom is 0.257 e. The fourth-order valence-electron chi connectivity index (χ4n) is 3.45. The van der Waals surface area contributed by atoms with Gasteiger partial charge in [0.15, 0.2) is 0 Å². The maximum atomic E-state index is 13.2. The van der Waals surface area contributed by atoms with Crippen LogP contribution in [0.5, 0.6) is 5.75 Å². The van der Waals surface area contributed by atoms with E-state index in [9.17, 15) is 9.18 Å². The van der Waals surface area contributed by atoms with Crippen molar-refractivity contribution in [3.8, 4) is 5.75 Å². The van der Waals surface area contributed by atoms with Crippen molar-refractivity contribution in [2.24, 2.45) is 4.99 Å². The van der Waals surface area contributed by atoms with Gasteiger partial charge >= 0.3 is 0 Å². The second kappa shape index (κ2) is 10.6. The molecule has 0 saturated carbocycles. The zero-order valence-electron chi connectivity index (χ0n) is 18.8. The average molecular weight is 438 g/mol. The Hall–Kier alpha value is -3.68. The molecule has 32 heavy (non-hydrogen) atoms. The number of rotatable bonds is 7. The molecule has 0 atom stereocenters. The van der Waals surface area contributed by atoms with Gasteiger partial charge in [0, 0.05) is 24.3 Å². The number of halogens is 1. The molecule has 2 N–H and O–H groups in total. The summed E-state index contributed by atoms with van der Waals surface area (Å²) in [6, 6.07) is 12.7. The van der Waals surface area contributed by atoms with E-state index in [0.717, 1.165) is 23.5 Å². The van der Waals surface area contributed by atoms with Crippen molar-refractivity contribution in [3.05, 3.63) is 76.9 Å². The van der Waals surface area contributed by atoms with Gasteiger partial charge in [0.1, 0.15) is 11.6 Å². The van der Waals surface area contributed by atoms with Crippen molar-refractivity contribution < 1.29 is 13.9 Å². The molecule has 8 heteroatoms. The molecular formula is C24H28FN5O2. The van der Waals surface area contributed by atoms with Crippen LogP contribution in [0.1, 0.15) is 34.2 Å². The number of amides is 1. The number of nitrogens with one attached hydrogen (secondary N) is 2. The molecule has 0 unspecified atom stereocenters. The van der Waals surface area contributed by atoms with Gasteiger partial charge in [-0.05, 0) is 69.2 Å². The topological polar surface area (TPSA) is 80.5 Å². The molecule has 3 aromatic rings. The summed E-state index contributed by atoms with van der Waals surface area (Å²) in [6.07, 6.45) is 0.682. The van der Waals surface area contributed by atoms with Gasteiger partial charge in [-0.15, -0.1) is 0 Å². The van der Waals surface area contributed by atoms with Crippen LogP contribution in [0.25, 0.3) is 0 Å². The molecule has 0 saturated heterocycles. The second-order valence-electron chi connectivity index (χ2n) is 7.23. The number of carbonyl (C=O) groups excluding carboxylic acids is 1. The first-order valence-corrected chi connectivity index (χ1v) is 10.5. The minimum Gasteiger partial charge on any atom is -0.495 e. The predicted octanol–water partition coefficient (Wildman–Crippen LogP) is 4.11. The third-order valence-corrected chi connectivity index (χ3v) is 5.16. The minimum absolute atomic E-state index is 0.280. The lowest BCUT2D eigenvalue weighted by Gasteiger charge is -2.14. The van der Waals surface area contributed by atoms with Gasteiger partial charge in [-0.2, -0.15) is 5.10 Å². The van der Waals surface area contributed by atoms with Gasteiger partial charge in [-0.3, -0.25) is 19.8 Å². The molecule has 1 amide bonds. The average Bonchev–Trinajstić information content (AvgIpc) is 3.07. The highest BCUT2D eigenvalue weighted by Gasteiger charge is 2.13. The fraction of sp³-hybridized carbons (Fsp3) is 0.292. The smallest absolute Gasteiger partial charge is 0.257 e. The Labute approximate surface area is 187 Å². The number of aliphatic imine (C=N–C) groups is 1. The van der Waals surface area contributed by atoms with Crippen LogP contribution in [0.3, 0.4) is 0 Å². The number of anilines is 1. The maximum absolute atomic E-state index is 13.2. The highest BCUT2D eigenvalue weighted by Crippen LogP contribution is 2.23. The largest absolute Gasteiger partial charge is 0.495 e. The number of methoxy groups -OCH3 is 1. The second-order valence-corrected chi connectivity index (χ2v) is 7.23. The first kappa shape index (κ1) is 23.0. The van der Waals surface area contributed by atoms with Gasteiger partial charge in [0.2, 0.25) is 5.96 Å². The van der Waals surface area contributed by atoms with E-state index in [0.29, 0.717) is 30.0 Å². The summed E-state index contributed by atoms with van der Waals surface area (Å²) in [4.78, 5) is 17.3. The Morgan fingerprint density at radius 3 is 2.53 bits per heavy atom. The van der Waals surface area contributed by atoms with Gasteiger partial charge in [0.25, 0.3) is 5.91 Å². The summed E-state index contributed by atoms with van der Waals surface area (Å²) in [5.74, 6) is 0.104. The molecule has 7 nitrogen and oxygen atoms in total. The van der Waals surface area contributed by atoms with E-state index in [-0.39, 0.29) is 5.96 Å². The highest BCUT2D eigenvalue weighted by atomic mass is 19.1. The number of hydrogen-bond donors (Lipinski definition) is 2. The van der Waals surface area contributed by atoms with Crippen LogP contribution in [0, 0.1) is 19.7 Å². The third-order valence-electron chi connectivity index (χ3n) is 5.16. The van der Waals surface area contributed by atoms with Crippen LogP contribution >= 0.6 is 0 Å². The lowest BCUT2D eigenvalue weighted by molar-refractivity contribution is 0.0977. The highest BCUT2D eigenvalue weighted by molar-refractivity contribution is 6.10. The molecule has 0 aliphatic carbocycles. The van der Waals surface area contributed by atoms with Crippen LogP contribution in [-0.2, 0) is 13.0 Å². The monoisotopic (exact) mass is 437 g/mol. The lowest BCUT2D eigenvalue weighted by Crippen LogP contribution is -2.36. The molecule has 168 valence electrons. The van der Waals surface area contributed by atoms with E-state index in [1.54, 1.807) is 7.11 Å². The van der Waals surface area contributed by atoms with Crippen LogP contribution in [-0.4, -0.2) is 35.3 Å². The molecule has 0 aliphatic heterocycles. The SMILES string of the molecule is CCn1nc(C)c(CCN=C(NC(=O)c2ccc(F)cc2)Nc2ccccc2OC)c1C. The number of ether oxygens (including phenoxy) is 1. The van der Waals surface area contributed by atoms with Crippen molar-refractivity contribution in [3.63, 3.8) is 0 Å². The van der Waals surface area contributed by atoms with E-state index in [1.165, 1.54) is 24.3 Å². The Morgan fingerprint density at radius 1 is 1.16 bits per heavy atom. The van der Waals surface area contributed by atoms with Crippen LogP contribution in [0.4, 0.5) is 10.1 Å². The normalized spacial score (nSPS) is 11.3.